The molecule has 2 aliphatic heterocycles. The molecule has 1 aromatic rings. The van der Waals surface area contributed by atoms with Gasteiger partial charge >= 0.3 is 0 Å². The summed E-state index contributed by atoms with van der Waals surface area (Å²) >= 11 is 0. The topological polar surface area (TPSA) is 40.6 Å². The van der Waals surface area contributed by atoms with Gasteiger partial charge in [0, 0.05) is 20.0 Å². The Bertz CT molecular complexity index is 524. The van der Waals surface area contributed by atoms with E-state index in [0.717, 1.165) is 32.5 Å². The minimum atomic E-state index is -0.404. The second-order valence-corrected chi connectivity index (χ2v) is 5.98. The predicted octanol–water partition coefficient (Wildman–Crippen LogP) is 2.08. The number of imide groups is 1. The van der Waals surface area contributed by atoms with Gasteiger partial charge in [-0.15, -0.1) is 12.4 Å². The summed E-state index contributed by atoms with van der Waals surface area (Å²) < 4.78 is 0. The minimum Gasteiger partial charge on any atom is -0.299 e. The van der Waals surface area contributed by atoms with Crippen molar-refractivity contribution in [3.63, 3.8) is 0 Å². The van der Waals surface area contributed by atoms with Crippen LogP contribution in [0, 0.1) is 5.41 Å². The Morgan fingerprint density at radius 2 is 1.71 bits per heavy atom. The van der Waals surface area contributed by atoms with E-state index >= 15 is 0 Å². The number of nitrogens with zero attached hydrogens (tertiary/aromatic N) is 2. The van der Waals surface area contributed by atoms with Crippen LogP contribution in [0.2, 0.25) is 0 Å². The maximum Gasteiger partial charge on any atom is 0.235 e. The van der Waals surface area contributed by atoms with E-state index in [1.807, 2.05) is 6.07 Å². The fourth-order valence-electron chi connectivity index (χ4n) is 3.32. The van der Waals surface area contributed by atoms with Crippen LogP contribution in [0.25, 0.3) is 0 Å². The van der Waals surface area contributed by atoms with E-state index in [4.69, 9.17) is 0 Å². The summed E-state index contributed by atoms with van der Waals surface area (Å²) in [7, 11) is 1.61. The third-order valence-corrected chi connectivity index (χ3v) is 4.68. The smallest absolute Gasteiger partial charge is 0.235 e. The van der Waals surface area contributed by atoms with E-state index in [2.05, 4.69) is 29.2 Å². The number of hydrogen-bond acceptors (Lipinski definition) is 3. The summed E-state index contributed by atoms with van der Waals surface area (Å²) in [6.07, 6.45) is 2.00. The lowest BCUT2D eigenvalue weighted by Gasteiger charge is -2.37. The van der Waals surface area contributed by atoms with Gasteiger partial charge < -0.3 is 0 Å². The number of likely N-dealkylation sites (tertiary alicyclic amines) is 2. The Morgan fingerprint density at radius 3 is 2.24 bits per heavy atom. The minimum absolute atomic E-state index is 0. The van der Waals surface area contributed by atoms with Gasteiger partial charge in [-0.1, -0.05) is 30.3 Å². The highest BCUT2D eigenvalue weighted by molar-refractivity contribution is 6.05. The van der Waals surface area contributed by atoms with Gasteiger partial charge in [-0.05, 0) is 31.5 Å². The number of benzene rings is 1. The van der Waals surface area contributed by atoms with Crippen molar-refractivity contribution in [1.29, 1.82) is 0 Å². The zero-order valence-electron chi connectivity index (χ0n) is 12.2. The highest BCUT2D eigenvalue weighted by atomic mass is 35.5. The Balaban J connectivity index is 0.00000161. The molecular formula is C16H21ClN2O2. The lowest BCUT2D eigenvalue weighted by atomic mass is 9.77. The molecule has 2 saturated heterocycles. The number of piperidine rings is 1. The monoisotopic (exact) mass is 308 g/mol. The molecule has 1 spiro atoms. The molecule has 0 unspecified atom stereocenters. The van der Waals surface area contributed by atoms with Gasteiger partial charge in [-0.25, -0.2) is 0 Å². The van der Waals surface area contributed by atoms with Crippen molar-refractivity contribution in [1.82, 2.24) is 9.80 Å². The van der Waals surface area contributed by atoms with E-state index in [-0.39, 0.29) is 24.2 Å². The van der Waals surface area contributed by atoms with Crippen molar-refractivity contribution in [3.05, 3.63) is 35.9 Å². The Hall–Kier alpha value is -1.39. The van der Waals surface area contributed by atoms with Crippen LogP contribution < -0.4 is 0 Å². The standard InChI is InChI=1S/C16H20N2O2.ClH/c1-17-14(19)11-16(15(17)20)7-9-18(10-8-16)12-13-5-3-2-4-6-13;/h2-6H,7-12H2,1H3;1H. The molecule has 2 heterocycles. The van der Waals surface area contributed by atoms with Gasteiger partial charge in [0.15, 0.2) is 0 Å². The van der Waals surface area contributed by atoms with Gasteiger partial charge in [0.05, 0.1) is 5.41 Å². The van der Waals surface area contributed by atoms with Crippen molar-refractivity contribution in [2.24, 2.45) is 5.41 Å². The van der Waals surface area contributed by atoms with Crippen molar-refractivity contribution >= 4 is 24.2 Å². The number of halogens is 1. The fourth-order valence-corrected chi connectivity index (χ4v) is 3.32. The average molecular weight is 309 g/mol. The van der Waals surface area contributed by atoms with Crippen LogP contribution in [0.1, 0.15) is 24.8 Å². The molecule has 2 amide bonds. The molecule has 3 rings (SSSR count). The summed E-state index contributed by atoms with van der Waals surface area (Å²) in [6.45, 7) is 2.71. The molecule has 5 heteroatoms. The molecule has 0 N–H and O–H groups in total. The van der Waals surface area contributed by atoms with Gasteiger partial charge in [-0.3, -0.25) is 19.4 Å². The van der Waals surface area contributed by atoms with Gasteiger partial charge in [0.2, 0.25) is 11.8 Å². The molecule has 0 bridgehead atoms. The SMILES string of the molecule is CN1C(=O)CC2(CCN(Cc3ccccc3)CC2)C1=O.Cl. The quantitative estimate of drug-likeness (QED) is 0.786. The van der Waals surface area contributed by atoms with Gasteiger partial charge in [0.1, 0.15) is 0 Å². The first-order valence-electron chi connectivity index (χ1n) is 7.18. The van der Waals surface area contributed by atoms with Crippen LogP contribution in [0.5, 0.6) is 0 Å². The molecule has 1 aromatic carbocycles. The number of carbonyl (C=O) groups is 2. The average Bonchev–Trinajstić information content (AvgIpc) is 2.68. The van der Waals surface area contributed by atoms with Gasteiger partial charge in [-0.2, -0.15) is 0 Å². The van der Waals surface area contributed by atoms with E-state index in [9.17, 15) is 9.59 Å². The number of rotatable bonds is 2. The second-order valence-electron chi connectivity index (χ2n) is 5.98. The van der Waals surface area contributed by atoms with Gasteiger partial charge in [0.25, 0.3) is 0 Å². The van der Waals surface area contributed by atoms with Crippen molar-refractivity contribution in [2.45, 2.75) is 25.8 Å². The lowest BCUT2D eigenvalue weighted by Crippen LogP contribution is -2.43. The van der Waals surface area contributed by atoms with E-state index < -0.39 is 5.41 Å². The van der Waals surface area contributed by atoms with Crippen molar-refractivity contribution in [2.75, 3.05) is 20.1 Å². The normalized spacial score (nSPS) is 21.7. The Morgan fingerprint density at radius 1 is 1.10 bits per heavy atom. The summed E-state index contributed by atoms with van der Waals surface area (Å²) in [5, 5.41) is 0. The first-order chi connectivity index (χ1) is 9.61. The molecule has 114 valence electrons. The van der Waals surface area contributed by atoms with Crippen LogP contribution in [0.15, 0.2) is 30.3 Å². The highest BCUT2D eigenvalue weighted by Crippen LogP contribution is 2.41. The third kappa shape index (κ3) is 2.97. The maximum absolute atomic E-state index is 12.2. The van der Waals surface area contributed by atoms with Crippen LogP contribution in [-0.2, 0) is 16.1 Å². The lowest BCUT2D eigenvalue weighted by molar-refractivity contribution is -0.141. The number of amides is 2. The van der Waals surface area contributed by atoms with E-state index in [1.165, 1.54) is 10.5 Å². The van der Waals surface area contributed by atoms with E-state index in [0.29, 0.717) is 6.42 Å². The zero-order valence-corrected chi connectivity index (χ0v) is 13.1. The molecule has 0 aliphatic carbocycles. The molecular weight excluding hydrogens is 288 g/mol. The van der Waals surface area contributed by atoms with Crippen molar-refractivity contribution in [3.8, 4) is 0 Å². The molecule has 2 aliphatic rings. The molecule has 2 fully saturated rings. The van der Waals surface area contributed by atoms with Crippen LogP contribution in [-0.4, -0.2) is 41.8 Å². The Kier molecular flexibility index (Phi) is 4.69. The number of carbonyl (C=O) groups excluding carboxylic acids is 2. The Labute approximate surface area is 131 Å². The summed E-state index contributed by atoms with van der Waals surface area (Å²) in [5.74, 6) is 0.00775. The molecule has 0 aromatic heterocycles. The predicted molar refractivity (Wildman–Crippen MR) is 83.0 cm³/mol. The van der Waals surface area contributed by atoms with Crippen molar-refractivity contribution < 1.29 is 9.59 Å². The number of hydrogen-bond donors (Lipinski definition) is 0. The van der Waals surface area contributed by atoms with Crippen LogP contribution in [0.3, 0.4) is 0 Å². The summed E-state index contributed by atoms with van der Waals surface area (Å²) in [6, 6.07) is 10.4. The molecule has 0 atom stereocenters. The first-order valence-corrected chi connectivity index (χ1v) is 7.18. The molecule has 0 saturated carbocycles. The molecule has 0 radical (unpaired) electrons. The van der Waals surface area contributed by atoms with Crippen LogP contribution >= 0.6 is 12.4 Å². The molecule has 21 heavy (non-hydrogen) atoms. The molecule has 4 nitrogen and oxygen atoms in total. The largest absolute Gasteiger partial charge is 0.299 e. The zero-order chi connectivity index (χ0) is 14.2. The third-order valence-electron chi connectivity index (χ3n) is 4.68. The summed E-state index contributed by atoms with van der Waals surface area (Å²) in [5.41, 5.74) is 0.897. The second kappa shape index (κ2) is 6.16. The first kappa shape index (κ1) is 16.0. The maximum atomic E-state index is 12.2. The summed E-state index contributed by atoms with van der Waals surface area (Å²) in [4.78, 5) is 27.7. The van der Waals surface area contributed by atoms with E-state index in [1.54, 1.807) is 7.05 Å². The fraction of sp³-hybridized carbons (Fsp3) is 0.500. The van der Waals surface area contributed by atoms with Crippen LogP contribution in [0.4, 0.5) is 0 Å². The highest BCUT2D eigenvalue weighted by Gasteiger charge is 2.51.